The summed E-state index contributed by atoms with van der Waals surface area (Å²) < 4.78 is 18.1. The molecule has 0 aliphatic carbocycles. The van der Waals surface area contributed by atoms with Gasteiger partial charge in [0.25, 0.3) is 5.56 Å². The van der Waals surface area contributed by atoms with Crippen LogP contribution in [-0.4, -0.2) is 21.7 Å². The number of H-pyrrole nitrogens is 1. The van der Waals surface area contributed by atoms with E-state index in [0.717, 1.165) is 0 Å². The molecule has 1 N–H and O–H groups in total. The first kappa shape index (κ1) is 18.4. The monoisotopic (exact) mass is 368 g/mol. The number of ether oxygens (including phenoxy) is 1. The zero-order valence-electron chi connectivity index (χ0n) is 14.6. The van der Waals surface area contributed by atoms with E-state index in [1.54, 1.807) is 31.2 Å². The van der Waals surface area contributed by atoms with Gasteiger partial charge in [0.2, 0.25) is 0 Å². The molecule has 0 aliphatic heterocycles. The Balaban J connectivity index is 1.61. The number of benzene rings is 2. The third-order valence-electron chi connectivity index (χ3n) is 4.05. The van der Waals surface area contributed by atoms with Crippen LogP contribution in [0.3, 0.4) is 0 Å². The Morgan fingerprint density at radius 2 is 1.81 bits per heavy atom. The molecule has 1 aromatic heterocycles. The molecule has 138 valence electrons. The molecule has 3 aromatic rings. The third kappa shape index (κ3) is 4.44. The molecule has 0 radical (unpaired) electrons. The summed E-state index contributed by atoms with van der Waals surface area (Å²) in [6, 6.07) is 12.0. The van der Waals surface area contributed by atoms with Crippen LogP contribution in [0, 0.1) is 5.82 Å². The van der Waals surface area contributed by atoms with Crippen LogP contribution in [0.5, 0.6) is 0 Å². The molecular formula is C20H17FN2O4. The first-order valence-corrected chi connectivity index (χ1v) is 8.41. The highest BCUT2D eigenvalue weighted by Crippen LogP contribution is 2.16. The van der Waals surface area contributed by atoms with E-state index in [2.05, 4.69) is 9.97 Å². The van der Waals surface area contributed by atoms with E-state index in [9.17, 15) is 18.8 Å². The number of nitrogens with zero attached hydrogens (tertiary/aromatic N) is 1. The summed E-state index contributed by atoms with van der Waals surface area (Å²) >= 11 is 0. The summed E-state index contributed by atoms with van der Waals surface area (Å²) in [5.74, 6) is -1.07. The summed E-state index contributed by atoms with van der Waals surface area (Å²) in [7, 11) is 0. The summed E-state index contributed by atoms with van der Waals surface area (Å²) in [5, 5.41) is 0.449. The Hall–Kier alpha value is -3.35. The number of nitrogens with one attached hydrogen (secondary N) is 1. The smallest absolute Gasteiger partial charge is 0.306 e. The number of esters is 1. The van der Waals surface area contributed by atoms with E-state index < -0.39 is 17.9 Å². The zero-order valence-corrected chi connectivity index (χ0v) is 14.6. The topological polar surface area (TPSA) is 89.1 Å². The molecule has 0 unspecified atom stereocenters. The van der Waals surface area contributed by atoms with Crippen molar-refractivity contribution in [2.45, 2.75) is 25.9 Å². The summed E-state index contributed by atoms with van der Waals surface area (Å²) in [6.07, 6.45) is -0.951. The van der Waals surface area contributed by atoms with Crippen molar-refractivity contribution < 1.29 is 18.7 Å². The average molecular weight is 368 g/mol. The first-order chi connectivity index (χ1) is 12.9. The van der Waals surface area contributed by atoms with Crippen LogP contribution in [0.1, 0.15) is 42.1 Å². The van der Waals surface area contributed by atoms with Gasteiger partial charge in [0.05, 0.1) is 17.3 Å². The maximum Gasteiger partial charge on any atom is 0.306 e. The maximum absolute atomic E-state index is 12.9. The second-order valence-corrected chi connectivity index (χ2v) is 6.03. The molecule has 0 amide bonds. The lowest BCUT2D eigenvalue weighted by molar-refractivity contribution is -0.148. The van der Waals surface area contributed by atoms with E-state index >= 15 is 0 Å². The second kappa shape index (κ2) is 7.90. The molecule has 1 heterocycles. The van der Waals surface area contributed by atoms with Gasteiger partial charge in [-0.1, -0.05) is 12.1 Å². The van der Waals surface area contributed by atoms with E-state index in [0.29, 0.717) is 16.5 Å². The van der Waals surface area contributed by atoms with Crippen LogP contribution in [-0.2, 0) is 9.53 Å². The summed E-state index contributed by atoms with van der Waals surface area (Å²) in [5.41, 5.74) is 0.522. The van der Waals surface area contributed by atoms with Gasteiger partial charge in [0.1, 0.15) is 5.82 Å². The lowest BCUT2D eigenvalue weighted by atomic mass is 10.1. The summed E-state index contributed by atoms with van der Waals surface area (Å²) in [6.45, 7) is 1.59. The highest BCUT2D eigenvalue weighted by atomic mass is 19.1. The van der Waals surface area contributed by atoms with E-state index in [-0.39, 0.29) is 30.0 Å². The Kier molecular flexibility index (Phi) is 5.40. The highest BCUT2D eigenvalue weighted by Gasteiger charge is 2.17. The Morgan fingerprint density at radius 3 is 2.56 bits per heavy atom. The molecule has 3 rings (SSSR count). The number of para-hydroxylation sites is 1. The quantitative estimate of drug-likeness (QED) is 0.532. The Labute approximate surface area is 154 Å². The number of carbonyl (C=O) groups excluding carboxylic acids is 2. The minimum Gasteiger partial charge on any atom is -0.454 e. The lowest BCUT2D eigenvalue weighted by Gasteiger charge is -2.13. The predicted octanol–water partition coefficient (Wildman–Crippen LogP) is 3.33. The average Bonchev–Trinajstić information content (AvgIpc) is 2.66. The van der Waals surface area contributed by atoms with Crippen molar-refractivity contribution >= 4 is 22.7 Å². The van der Waals surface area contributed by atoms with Crippen LogP contribution in [0.25, 0.3) is 10.9 Å². The molecule has 6 nitrogen and oxygen atoms in total. The van der Waals surface area contributed by atoms with Crippen molar-refractivity contribution in [2.75, 3.05) is 0 Å². The van der Waals surface area contributed by atoms with Crippen molar-refractivity contribution in [1.82, 2.24) is 9.97 Å². The van der Waals surface area contributed by atoms with Gasteiger partial charge in [-0.25, -0.2) is 9.37 Å². The van der Waals surface area contributed by atoms with Crippen LogP contribution in [0.4, 0.5) is 4.39 Å². The third-order valence-corrected chi connectivity index (χ3v) is 4.05. The van der Waals surface area contributed by atoms with Gasteiger partial charge in [0.15, 0.2) is 17.7 Å². The number of fused-ring (bicyclic) bond motifs is 1. The predicted molar refractivity (Wildman–Crippen MR) is 96.8 cm³/mol. The SMILES string of the molecule is C[C@@H](OC(=O)CCC(=O)c1ccc(F)cc1)c1nc2ccccc2c(=O)[nH]1. The van der Waals surface area contributed by atoms with Crippen LogP contribution in [0.15, 0.2) is 53.3 Å². The van der Waals surface area contributed by atoms with Gasteiger partial charge < -0.3 is 9.72 Å². The number of ketones is 1. The van der Waals surface area contributed by atoms with Gasteiger partial charge in [-0.05, 0) is 43.3 Å². The van der Waals surface area contributed by atoms with Crippen LogP contribution < -0.4 is 5.56 Å². The van der Waals surface area contributed by atoms with Crippen molar-refractivity contribution in [3.05, 3.63) is 76.1 Å². The maximum atomic E-state index is 12.9. The second-order valence-electron chi connectivity index (χ2n) is 6.03. The van der Waals surface area contributed by atoms with Crippen LogP contribution in [0.2, 0.25) is 0 Å². The largest absolute Gasteiger partial charge is 0.454 e. The van der Waals surface area contributed by atoms with Gasteiger partial charge in [0, 0.05) is 12.0 Å². The van der Waals surface area contributed by atoms with Crippen LogP contribution >= 0.6 is 0 Å². The van der Waals surface area contributed by atoms with E-state index in [1.165, 1.54) is 24.3 Å². The molecule has 27 heavy (non-hydrogen) atoms. The Bertz CT molecular complexity index is 1040. The number of hydrogen-bond donors (Lipinski definition) is 1. The minimum absolute atomic E-state index is 0.0567. The number of hydrogen-bond acceptors (Lipinski definition) is 5. The molecular weight excluding hydrogens is 351 g/mol. The van der Waals surface area contributed by atoms with Gasteiger partial charge >= 0.3 is 5.97 Å². The molecule has 0 bridgehead atoms. The van der Waals surface area contributed by atoms with Crippen molar-refractivity contribution in [3.8, 4) is 0 Å². The first-order valence-electron chi connectivity index (χ1n) is 8.41. The number of Topliss-reactive ketones (excluding diaryl/α,β-unsaturated/α-hetero) is 1. The Morgan fingerprint density at radius 1 is 1.11 bits per heavy atom. The van der Waals surface area contributed by atoms with Gasteiger partial charge in [-0.2, -0.15) is 0 Å². The lowest BCUT2D eigenvalue weighted by Crippen LogP contribution is -2.17. The number of rotatable bonds is 6. The minimum atomic E-state index is -0.768. The molecule has 7 heteroatoms. The fraction of sp³-hybridized carbons (Fsp3) is 0.200. The highest BCUT2D eigenvalue weighted by molar-refractivity contribution is 5.97. The fourth-order valence-electron chi connectivity index (χ4n) is 2.60. The molecule has 2 aromatic carbocycles. The molecule has 0 fully saturated rings. The fourth-order valence-corrected chi connectivity index (χ4v) is 2.60. The van der Waals surface area contributed by atoms with E-state index in [4.69, 9.17) is 4.74 Å². The van der Waals surface area contributed by atoms with Crippen molar-refractivity contribution in [2.24, 2.45) is 0 Å². The summed E-state index contributed by atoms with van der Waals surface area (Å²) in [4.78, 5) is 43.0. The number of halogens is 1. The molecule has 0 saturated heterocycles. The van der Waals surface area contributed by atoms with Crippen molar-refractivity contribution in [1.29, 1.82) is 0 Å². The standard InChI is InChI=1S/C20H17FN2O4/c1-12(19-22-16-5-3-2-4-15(16)20(26)23-19)27-18(25)11-10-17(24)13-6-8-14(21)9-7-13/h2-9,12H,10-11H2,1H3,(H,22,23,26)/t12-/m1/s1. The normalized spacial score (nSPS) is 11.9. The number of aromatic amines is 1. The van der Waals surface area contributed by atoms with Crippen molar-refractivity contribution in [3.63, 3.8) is 0 Å². The van der Waals surface area contributed by atoms with Gasteiger partial charge in [-0.15, -0.1) is 0 Å². The van der Waals surface area contributed by atoms with E-state index in [1.807, 2.05) is 0 Å². The molecule has 0 aliphatic rings. The number of aromatic nitrogens is 2. The molecule has 0 spiro atoms. The zero-order chi connectivity index (χ0) is 19.4. The molecule has 1 atom stereocenters. The number of carbonyl (C=O) groups is 2. The molecule has 0 saturated carbocycles. The van der Waals surface area contributed by atoms with Gasteiger partial charge in [-0.3, -0.25) is 14.4 Å².